The zero-order valence-electron chi connectivity index (χ0n) is 13.2. The molecule has 0 spiro atoms. The Morgan fingerprint density at radius 3 is 2.14 bits per heavy atom. The number of carbonyl (C=O) groups is 1. The minimum atomic E-state index is -0.848. The molecule has 21 heavy (non-hydrogen) atoms. The molecule has 6 heteroatoms. The minimum absolute atomic E-state index is 0.204. The molecule has 1 heterocycles. The predicted octanol–water partition coefficient (Wildman–Crippen LogP) is 2.34. The van der Waals surface area contributed by atoms with Crippen molar-refractivity contribution in [2.24, 2.45) is 0 Å². The fourth-order valence-electron chi connectivity index (χ4n) is 2.17. The summed E-state index contributed by atoms with van der Waals surface area (Å²) in [5, 5.41) is 0. The number of Topliss-reactive ketones (excluding diaryl/α,β-unsaturated/α-hetero) is 1. The third-order valence-corrected chi connectivity index (χ3v) is 4.21. The Kier molecular flexibility index (Phi) is 3.89. The van der Waals surface area contributed by atoms with Gasteiger partial charge in [-0.05, 0) is 40.7 Å². The Labute approximate surface area is 124 Å². The van der Waals surface area contributed by atoms with E-state index in [-0.39, 0.29) is 17.0 Å². The minimum Gasteiger partial charge on any atom is -0.496 e. The summed E-state index contributed by atoms with van der Waals surface area (Å²) in [4.78, 5) is 11.7. The van der Waals surface area contributed by atoms with E-state index in [1.165, 1.54) is 26.2 Å². The Balaban J connectivity index is 2.47. The second-order valence-corrected chi connectivity index (χ2v) is 6.22. The summed E-state index contributed by atoms with van der Waals surface area (Å²) in [5.41, 5.74) is -0.621. The van der Waals surface area contributed by atoms with Gasteiger partial charge in [0.15, 0.2) is 5.78 Å². The van der Waals surface area contributed by atoms with Crippen LogP contribution in [-0.2, 0) is 9.31 Å². The molecule has 0 N–H and O–H groups in total. The number of hydrogen-bond donors (Lipinski definition) is 0. The van der Waals surface area contributed by atoms with Crippen molar-refractivity contribution in [1.29, 1.82) is 0 Å². The molecule has 0 saturated carbocycles. The van der Waals surface area contributed by atoms with Gasteiger partial charge in [0.05, 0.1) is 23.9 Å². The van der Waals surface area contributed by atoms with E-state index in [9.17, 15) is 9.18 Å². The molecule has 0 radical (unpaired) electrons. The van der Waals surface area contributed by atoms with E-state index in [0.29, 0.717) is 5.56 Å². The number of halogens is 1. The summed E-state index contributed by atoms with van der Waals surface area (Å²) in [7, 11) is 0.550. The highest BCUT2D eigenvalue weighted by Crippen LogP contribution is 2.37. The predicted molar refractivity (Wildman–Crippen MR) is 78.7 cm³/mol. The zero-order chi connectivity index (χ0) is 16.0. The fourth-order valence-corrected chi connectivity index (χ4v) is 2.17. The highest BCUT2D eigenvalue weighted by molar-refractivity contribution is 6.62. The van der Waals surface area contributed by atoms with Gasteiger partial charge in [0.2, 0.25) is 0 Å². The summed E-state index contributed by atoms with van der Waals surface area (Å²) < 4.78 is 31.0. The lowest BCUT2D eigenvalue weighted by Gasteiger charge is -2.32. The molecule has 0 bridgehead atoms. The van der Waals surface area contributed by atoms with Crippen LogP contribution in [0.5, 0.6) is 5.75 Å². The number of benzene rings is 1. The smallest absolute Gasteiger partial charge is 0.496 e. The monoisotopic (exact) mass is 294 g/mol. The van der Waals surface area contributed by atoms with Gasteiger partial charge >= 0.3 is 7.12 Å². The van der Waals surface area contributed by atoms with Crippen molar-refractivity contribution in [1.82, 2.24) is 0 Å². The fraction of sp³-hybridized carbons (Fsp3) is 0.533. The van der Waals surface area contributed by atoms with Gasteiger partial charge < -0.3 is 14.0 Å². The molecule has 1 saturated heterocycles. The number of methoxy groups -OCH3 is 1. The first-order valence-corrected chi connectivity index (χ1v) is 6.83. The van der Waals surface area contributed by atoms with Crippen molar-refractivity contribution >= 4 is 18.4 Å². The highest BCUT2D eigenvalue weighted by Gasteiger charge is 2.52. The Hall–Kier alpha value is -1.40. The Morgan fingerprint density at radius 1 is 1.19 bits per heavy atom. The molecule has 0 atom stereocenters. The molecule has 2 rings (SSSR count). The van der Waals surface area contributed by atoms with Gasteiger partial charge in [-0.25, -0.2) is 4.39 Å². The van der Waals surface area contributed by atoms with Gasteiger partial charge in [0.1, 0.15) is 11.6 Å². The third kappa shape index (κ3) is 2.70. The van der Waals surface area contributed by atoms with Crippen LogP contribution in [0.1, 0.15) is 45.0 Å². The lowest BCUT2D eigenvalue weighted by Crippen LogP contribution is -2.41. The number of rotatable bonds is 3. The molecule has 1 aliphatic heterocycles. The molecule has 4 nitrogen and oxygen atoms in total. The Bertz CT molecular complexity index is 567. The summed E-state index contributed by atoms with van der Waals surface area (Å²) in [6.07, 6.45) is 0. The summed E-state index contributed by atoms with van der Waals surface area (Å²) >= 11 is 0. The van der Waals surface area contributed by atoms with Crippen LogP contribution < -0.4 is 10.2 Å². The van der Waals surface area contributed by atoms with Gasteiger partial charge in [0, 0.05) is 11.5 Å². The van der Waals surface area contributed by atoms with Crippen LogP contribution in [0.15, 0.2) is 12.1 Å². The SMILES string of the molecule is COc1cc(F)c(B2OC(C)(C)C(C)(C)O2)cc1C(C)=O. The van der Waals surface area contributed by atoms with Crippen LogP contribution in [0, 0.1) is 5.82 Å². The quantitative estimate of drug-likeness (QED) is 0.634. The molecule has 0 unspecified atom stereocenters. The second-order valence-electron chi connectivity index (χ2n) is 6.22. The molecule has 114 valence electrons. The highest BCUT2D eigenvalue weighted by atomic mass is 19.1. The first kappa shape index (κ1) is 16.0. The first-order valence-electron chi connectivity index (χ1n) is 6.83. The maximum absolute atomic E-state index is 14.3. The van der Waals surface area contributed by atoms with Crippen molar-refractivity contribution in [3.05, 3.63) is 23.5 Å². The number of carbonyl (C=O) groups excluding carboxylic acids is 1. The van der Waals surface area contributed by atoms with Crippen LogP contribution in [0.25, 0.3) is 0 Å². The van der Waals surface area contributed by atoms with Crippen molar-refractivity contribution in [2.45, 2.75) is 45.8 Å². The molecule has 1 aliphatic rings. The van der Waals surface area contributed by atoms with E-state index in [1.807, 2.05) is 27.7 Å². The van der Waals surface area contributed by atoms with Gasteiger partial charge in [-0.3, -0.25) is 4.79 Å². The molecule has 1 fully saturated rings. The Morgan fingerprint density at radius 2 is 1.71 bits per heavy atom. The number of ketones is 1. The van der Waals surface area contributed by atoms with Crippen LogP contribution >= 0.6 is 0 Å². The average Bonchev–Trinajstić information content (AvgIpc) is 2.57. The lowest BCUT2D eigenvalue weighted by molar-refractivity contribution is 0.00578. The summed E-state index contributed by atoms with van der Waals surface area (Å²) in [6, 6.07) is 2.63. The number of ether oxygens (including phenoxy) is 1. The second kappa shape index (κ2) is 5.11. The van der Waals surface area contributed by atoms with Crippen molar-refractivity contribution in [3.63, 3.8) is 0 Å². The normalized spacial score (nSPS) is 19.7. The van der Waals surface area contributed by atoms with E-state index in [2.05, 4.69) is 0 Å². The summed E-state index contributed by atoms with van der Waals surface area (Å²) in [6.45, 7) is 8.96. The van der Waals surface area contributed by atoms with E-state index in [1.54, 1.807) is 0 Å². The van der Waals surface area contributed by atoms with Gasteiger partial charge in [-0.2, -0.15) is 0 Å². The maximum Gasteiger partial charge on any atom is 0.497 e. The summed E-state index contributed by atoms with van der Waals surface area (Å²) in [5.74, 6) is -0.514. The van der Waals surface area contributed by atoms with Gasteiger partial charge in [-0.1, -0.05) is 0 Å². The van der Waals surface area contributed by atoms with Gasteiger partial charge in [-0.15, -0.1) is 0 Å². The van der Waals surface area contributed by atoms with Crippen LogP contribution in [-0.4, -0.2) is 31.2 Å². The molecular weight excluding hydrogens is 274 g/mol. The molecule has 1 aromatic carbocycles. The van der Waals surface area contributed by atoms with E-state index in [4.69, 9.17) is 14.0 Å². The molecule has 0 aliphatic carbocycles. The van der Waals surface area contributed by atoms with Crippen molar-refractivity contribution in [2.75, 3.05) is 7.11 Å². The molecule has 0 amide bonds. The van der Waals surface area contributed by atoms with Crippen LogP contribution in [0.3, 0.4) is 0 Å². The first-order chi connectivity index (χ1) is 9.59. The number of hydrogen-bond acceptors (Lipinski definition) is 4. The maximum atomic E-state index is 14.3. The largest absolute Gasteiger partial charge is 0.497 e. The average molecular weight is 294 g/mol. The molecule has 0 aromatic heterocycles. The van der Waals surface area contributed by atoms with E-state index >= 15 is 0 Å². The van der Waals surface area contributed by atoms with E-state index in [0.717, 1.165) is 0 Å². The van der Waals surface area contributed by atoms with Crippen molar-refractivity contribution < 1.29 is 23.2 Å². The standard InChI is InChI=1S/C15H20BFO4/c1-9(18)10-7-11(12(17)8-13(10)19-6)16-20-14(2,3)15(4,5)21-16/h7-8H,1-6H3. The molecular formula is C15H20BFO4. The van der Waals surface area contributed by atoms with Crippen LogP contribution in [0.4, 0.5) is 4.39 Å². The van der Waals surface area contributed by atoms with Crippen LogP contribution in [0.2, 0.25) is 0 Å². The van der Waals surface area contributed by atoms with Gasteiger partial charge in [0.25, 0.3) is 0 Å². The third-order valence-electron chi connectivity index (χ3n) is 4.21. The topological polar surface area (TPSA) is 44.8 Å². The van der Waals surface area contributed by atoms with E-state index < -0.39 is 24.1 Å². The van der Waals surface area contributed by atoms with Crippen molar-refractivity contribution in [3.8, 4) is 5.75 Å². The lowest BCUT2D eigenvalue weighted by atomic mass is 9.77. The molecule has 1 aromatic rings. The zero-order valence-corrected chi connectivity index (χ0v) is 13.2.